The summed E-state index contributed by atoms with van der Waals surface area (Å²) in [7, 11) is 0. The smallest absolute Gasteiger partial charge is 0.354 e. The van der Waals surface area contributed by atoms with Gasteiger partial charge in [0.1, 0.15) is 6.33 Å². The van der Waals surface area contributed by atoms with Crippen LogP contribution in [0.25, 0.3) is 27.8 Å². The number of pyridine rings is 1. The Hall–Kier alpha value is -2.87. The van der Waals surface area contributed by atoms with Crippen LogP contribution in [-0.4, -0.2) is 50.3 Å². The van der Waals surface area contributed by atoms with Gasteiger partial charge in [0.25, 0.3) is 0 Å². The fourth-order valence-corrected chi connectivity index (χ4v) is 5.75. The second-order valence-electron chi connectivity index (χ2n) is 10.6. The summed E-state index contributed by atoms with van der Waals surface area (Å²) in [6.07, 6.45) is 1.25. The number of hydrogen-bond donors (Lipinski definition) is 1. The van der Waals surface area contributed by atoms with E-state index in [0.717, 1.165) is 53.9 Å². The number of fused-ring (bicyclic) bond motifs is 2. The summed E-state index contributed by atoms with van der Waals surface area (Å²) in [5, 5.41) is 9.60. The van der Waals surface area contributed by atoms with Crippen LogP contribution in [0.4, 0.5) is 13.2 Å². The first-order valence-electron chi connectivity index (χ1n) is 12.9. The fourth-order valence-electron chi connectivity index (χ4n) is 5.75. The molecule has 0 atom stereocenters. The van der Waals surface area contributed by atoms with E-state index in [0.29, 0.717) is 18.4 Å². The Bertz CT molecular complexity index is 1370. The minimum Gasteiger partial charge on any atom is -0.354 e. The van der Waals surface area contributed by atoms with Crippen LogP contribution in [-0.2, 0) is 0 Å². The van der Waals surface area contributed by atoms with Crippen LogP contribution in [0.3, 0.4) is 0 Å². The zero-order valence-electron chi connectivity index (χ0n) is 21.4. The molecule has 1 aliphatic heterocycles. The van der Waals surface area contributed by atoms with E-state index in [-0.39, 0.29) is 6.42 Å². The summed E-state index contributed by atoms with van der Waals surface area (Å²) in [6, 6.07) is 6.75. The highest BCUT2D eigenvalue weighted by Gasteiger charge is 2.28. The van der Waals surface area contributed by atoms with Crippen molar-refractivity contribution in [1.29, 1.82) is 0 Å². The van der Waals surface area contributed by atoms with Gasteiger partial charge in [-0.15, -0.1) is 10.2 Å². The van der Waals surface area contributed by atoms with Crippen molar-refractivity contribution < 1.29 is 13.2 Å². The van der Waals surface area contributed by atoms with Crippen molar-refractivity contribution in [1.82, 2.24) is 24.5 Å². The van der Waals surface area contributed by atoms with Crippen LogP contribution >= 0.6 is 0 Å². The number of benzene rings is 1. The number of hydrogen-bond acceptors (Lipinski definition) is 3. The summed E-state index contributed by atoms with van der Waals surface area (Å²) in [6.45, 7) is 10.9. The molecule has 5 nitrogen and oxygen atoms in total. The third kappa shape index (κ3) is 4.75. The van der Waals surface area contributed by atoms with Crippen LogP contribution < -0.4 is 0 Å². The molecule has 4 aromatic rings. The number of halogens is 3. The molecule has 1 saturated heterocycles. The SMILES string of the molecule is Cc1c(-c2[nH]c3ccc(C4CCN(CCCC(F)(F)F)CC4)cc3c2C(C)C)cn2cnnc2c1C. The molecular formula is C28H34F3N5. The third-order valence-corrected chi connectivity index (χ3v) is 7.85. The molecule has 1 fully saturated rings. The van der Waals surface area contributed by atoms with Crippen molar-refractivity contribution in [3.8, 4) is 11.3 Å². The molecule has 0 aliphatic carbocycles. The Morgan fingerprint density at radius 3 is 2.56 bits per heavy atom. The zero-order chi connectivity index (χ0) is 25.6. The lowest BCUT2D eigenvalue weighted by Crippen LogP contribution is -2.34. The predicted molar refractivity (Wildman–Crippen MR) is 138 cm³/mol. The maximum atomic E-state index is 12.5. The average Bonchev–Trinajstić information content (AvgIpc) is 3.45. The Morgan fingerprint density at radius 1 is 1.11 bits per heavy atom. The Labute approximate surface area is 209 Å². The highest BCUT2D eigenvalue weighted by Crippen LogP contribution is 2.40. The molecule has 0 unspecified atom stereocenters. The summed E-state index contributed by atoms with van der Waals surface area (Å²) in [5.74, 6) is 0.764. The summed E-state index contributed by atoms with van der Waals surface area (Å²) in [4.78, 5) is 5.89. The van der Waals surface area contributed by atoms with E-state index in [1.165, 1.54) is 22.1 Å². The zero-order valence-corrected chi connectivity index (χ0v) is 21.4. The molecule has 0 spiro atoms. The molecule has 0 amide bonds. The topological polar surface area (TPSA) is 49.2 Å². The molecule has 4 heterocycles. The van der Waals surface area contributed by atoms with E-state index in [1.807, 2.05) is 4.40 Å². The van der Waals surface area contributed by atoms with Crippen LogP contribution in [0.5, 0.6) is 0 Å². The number of piperidine rings is 1. The van der Waals surface area contributed by atoms with Crippen molar-refractivity contribution in [3.63, 3.8) is 0 Å². The molecule has 5 rings (SSSR count). The molecule has 1 N–H and O–H groups in total. The van der Waals surface area contributed by atoms with Gasteiger partial charge in [-0.05, 0) is 99.0 Å². The van der Waals surface area contributed by atoms with Crippen molar-refractivity contribution >= 4 is 16.6 Å². The normalized spacial score (nSPS) is 16.1. The molecule has 3 aromatic heterocycles. The van der Waals surface area contributed by atoms with Crippen molar-refractivity contribution in [2.45, 2.75) is 71.4 Å². The third-order valence-electron chi connectivity index (χ3n) is 7.85. The quantitative estimate of drug-likeness (QED) is 0.308. The highest BCUT2D eigenvalue weighted by atomic mass is 19.4. The molecule has 192 valence electrons. The largest absolute Gasteiger partial charge is 0.389 e. The van der Waals surface area contributed by atoms with E-state index in [1.54, 1.807) is 6.33 Å². The van der Waals surface area contributed by atoms with E-state index >= 15 is 0 Å². The molecule has 1 aromatic carbocycles. The van der Waals surface area contributed by atoms with E-state index in [2.05, 4.69) is 72.2 Å². The second kappa shape index (κ2) is 9.54. The maximum Gasteiger partial charge on any atom is 0.389 e. The Balaban J connectivity index is 1.42. The fraction of sp³-hybridized carbons (Fsp3) is 0.500. The number of likely N-dealkylation sites (tertiary alicyclic amines) is 1. The molecule has 1 aliphatic rings. The van der Waals surface area contributed by atoms with Crippen molar-refractivity contribution in [3.05, 3.63) is 53.0 Å². The molecule has 0 radical (unpaired) electrons. The van der Waals surface area contributed by atoms with Gasteiger partial charge in [-0.25, -0.2) is 0 Å². The average molecular weight is 498 g/mol. The number of rotatable bonds is 6. The van der Waals surface area contributed by atoms with Gasteiger partial charge < -0.3 is 9.88 Å². The standard InChI is InChI=1S/C28H34F3N5/c1-17(2)25-22-14-21(20-8-12-35(13-9-20)11-5-10-28(29,30)31)6-7-24(22)33-26(25)23-15-36-16-32-34-27(36)19(4)18(23)3/h6-7,14-17,20,33H,5,8-13H2,1-4H3. The van der Waals surface area contributed by atoms with Gasteiger partial charge in [0.2, 0.25) is 0 Å². The molecule has 0 bridgehead atoms. The lowest BCUT2D eigenvalue weighted by atomic mass is 9.87. The minimum atomic E-state index is -4.06. The second-order valence-corrected chi connectivity index (χ2v) is 10.6. The van der Waals surface area contributed by atoms with E-state index in [4.69, 9.17) is 0 Å². The van der Waals surface area contributed by atoms with E-state index in [9.17, 15) is 13.2 Å². The van der Waals surface area contributed by atoms with Gasteiger partial charge >= 0.3 is 6.18 Å². The number of alkyl halides is 3. The van der Waals surface area contributed by atoms with Crippen molar-refractivity contribution in [2.75, 3.05) is 19.6 Å². The monoisotopic (exact) mass is 497 g/mol. The van der Waals surface area contributed by atoms with Crippen LogP contribution in [0, 0.1) is 13.8 Å². The molecule has 8 heteroatoms. The first kappa shape index (κ1) is 24.8. The van der Waals surface area contributed by atoms with Crippen LogP contribution in [0.1, 0.15) is 73.6 Å². The summed E-state index contributed by atoms with van der Waals surface area (Å²) < 4.78 is 39.5. The van der Waals surface area contributed by atoms with E-state index < -0.39 is 12.6 Å². The Morgan fingerprint density at radius 2 is 1.86 bits per heavy atom. The number of aryl methyl sites for hydroxylation is 1. The number of aromatic amines is 1. The number of nitrogens with zero attached hydrogens (tertiary/aromatic N) is 4. The lowest BCUT2D eigenvalue weighted by molar-refractivity contribution is -0.136. The summed E-state index contributed by atoms with van der Waals surface area (Å²) >= 11 is 0. The van der Waals surface area contributed by atoms with Gasteiger partial charge in [-0.1, -0.05) is 19.9 Å². The van der Waals surface area contributed by atoms with Gasteiger partial charge in [-0.2, -0.15) is 13.2 Å². The minimum absolute atomic E-state index is 0.184. The molecule has 36 heavy (non-hydrogen) atoms. The van der Waals surface area contributed by atoms with Crippen LogP contribution in [0.2, 0.25) is 0 Å². The Kier molecular flexibility index (Phi) is 6.57. The van der Waals surface area contributed by atoms with Gasteiger partial charge in [0.15, 0.2) is 5.65 Å². The summed E-state index contributed by atoms with van der Waals surface area (Å²) in [5.41, 5.74) is 9.27. The molecular weight excluding hydrogens is 463 g/mol. The first-order chi connectivity index (χ1) is 17.1. The van der Waals surface area contributed by atoms with Gasteiger partial charge in [0, 0.05) is 29.1 Å². The number of nitrogens with one attached hydrogen (secondary N) is 1. The van der Waals surface area contributed by atoms with Gasteiger partial charge in [0.05, 0.1) is 5.69 Å². The van der Waals surface area contributed by atoms with Crippen LogP contribution in [0.15, 0.2) is 30.7 Å². The number of H-pyrrole nitrogens is 1. The molecule has 0 saturated carbocycles. The van der Waals surface area contributed by atoms with Crippen molar-refractivity contribution in [2.24, 2.45) is 0 Å². The number of aromatic nitrogens is 4. The highest BCUT2D eigenvalue weighted by molar-refractivity contribution is 5.92. The van der Waals surface area contributed by atoms with Gasteiger partial charge in [-0.3, -0.25) is 4.40 Å². The maximum absolute atomic E-state index is 12.5. The lowest BCUT2D eigenvalue weighted by Gasteiger charge is -2.32. The first-order valence-corrected chi connectivity index (χ1v) is 12.9. The predicted octanol–water partition coefficient (Wildman–Crippen LogP) is 7.14.